The Kier molecular flexibility index (Phi) is 4.47. The molecular formula is C8H19OP. The molecule has 0 rings (SSSR count). The molecule has 0 aromatic carbocycles. The average Bonchev–Trinajstić information content (AvgIpc) is 1.80. The van der Waals surface area contributed by atoms with E-state index in [2.05, 4.69) is 30.0 Å². The predicted octanol–water partition coefficient (Wildman–Crippen LogP) is 2.46. The lowest BCUT2D eigenvalue weighted by Gasteiger charge is -2.28. The average molecular weight is 162 g/mol. The summed E-state index contributed by atoms with van der Waals surface area (Å²) in [5, 5.41) is 0.213. The van der Waals surface area contributed by atoms with Crippen molar-refractivity contribution in [2.45, 2.75) is 45.4 Å². The van der Waals surface area contributed by atoms with Gasteiger partial charge in [-0.05, 0) is 13.3 Å². The van der Waals surface area contributed by atoms with Gasteiger partial charge in [0.15, 0.2) is 0 Å². The van der Waals surface area contributed by atoms with Crippen LogP contribution in [-0.2, 0) is 4.74 Å². The number of ether oxygens (including phenoxy) is 1. The fourth-order valence-corrected chi connectivity index (χ4v) is 1.39. The highest BCUT2D eigenvalue weighted by atomic mass is 31.0. The van der Waals surface area contributed by atoms with E-state index in [0.717, 1.165) is 13.0 Å². The van der Waals surface area contributed by atoms with Gasteiger partial charge >= 0.3 is 0 Å². The second-order valence-corrected chi connectivity index (χ2v) is 4.66. The molecule has 62 valence electrons. The topological polar surface area (TPSA) is 9.23 Å². The molecular weight excluding hydrogens is 143 g/mol. The first-order chi connectivity index (χ1) is 4.52. The van der Waals surface area contributed by atoms with E-state index in [1.807, 2.05) is 6.92 Å². The third kappa shape index (κ3) is 3.53. The fraction of sp³-hybridized carbons (Fsp3) is 1.00. The van der Waals surface area contributed by atoms with Crippen molar-refractivity contribution in [1.82, 2.24) is 0 Å². The van der Waals surface area contributed by atoms with E-state index in [9.17, 15) is 0 Å². The van der Waals surface area contributed by atoms with Gasteiger partial charge in [0.1, 0.15) is 0 Å². The van der Waals surface area contributed by atoms with E-state index in [1.54, 1.807) is 0 Å². The van der Waals surface area contributed by atoms with Gasteiger partial charge in [-0.1, -0.05) is 20.8 Å². The summed E-state index contributed by atoms with van der Waals surface area (Å²) in [6.07, 6.45) is 1.46. The number of hydrogen-bond donors (Lipinski definition) is 0. The molecule has 0 N–H and O–H groups in total. The van der Waals surface area contributed by atoms with Crippen LogP contribution in [0, 0.1) is 0 Å². The molecule has 0 bridgehead atoms. The Morgan fingerprint density at radius 2 is 1.90 bits per heavy atom. The van der Waals surface area contributed by atoms with Crippen molar-refractivity contribution >= 4 is 9.24 Å². The molecule has 0 aromatic rings. The summed E-state index contributed by atoms with van der Waals surface area (Å²) < 4.78 is 5.53. The molecule has 0 aliphatic heterocycles. The quantitative estimate of drug-likeness (QED) is 0.577. The molecule has 0 aliphatic rings. The molecule has 0 spiro atoms. The third-order valence-electron chi connectivity index (χ3n) is 1.57. The summed E-state index contributed by atoms with van der Waals surface area (Å²) in [5.41, 5.74) is 0. The standard InChI is InChI=1S/C8H19OP/c1-5-7(9-6-2)8(3,4)10/h7H,5-6,10H2,1-4H3. The maximum absolute atomic E-state index is 5.53. The molecule has 0 saturated carbocycles. The molecule has 2 atom stereocenters. The molecule has 0 aliphatic carbocycles. The van der Waals surface area contributed by atoms with Gasteiger partial charge in [-0.15, -0.1) is 9.24 Å². The zero-order chi connectivity index (χ0) is 8.20. The van der Waals surface area contributed by atoms with Crippen LogP contribution < -0.4 is 0 Å². The van der Waals surface area contributed by atoms with Crippen molar-refractivity contribution < 1.29 is 4.74 Å². The predicted molar refractivity (Wildman–Crippen MR) is 49.5 cm³/mol. The Morgan fingerprint density at radius 3 is 2.00 bits per heavy atom. The summed E-state index contributed by atoms with van der Waals surface area (Å²) in [5.74, 6) is 0. The van der Waals surface area contributed by atoms with Crippen LogP contribution in [0.5, 0.6) is 0 Å². The number of hydrogen-bond acceptors (Lipinski definition) is 1. The van der Waals surface area contributed by atoms with Crippen LogP contribution in [0.15, 0.2) is 0 Å². The first kappa shape index (κ1) is 10.4. The Bertz CT molecular complexity index is 85.7. The van der Waals surface area contributed by atoms with Crippen molar-refractivity contribution in [1.29, 1.82) is 0 Å². The zero-order valence-electron chi connectivity index (χ0n) is 7.48. The highest BCUT2D eigenvalue weighted by Gasteiger charge is 2.22. The zero-order valence-corrected chi connectivity index (χ0v) is 8.63. The normalized spacial score (nSPS) is 15.3. The van der Waals surface area contributed by atoms with Gasteiger partial charge in [-0.25, -0.2) is 0 Å². The lowest BCUT2D eigenvalue weighted by atomic mass is 10.0. The van der Waals surface area contributed by atoms with E-state index in [-0.39, 0.29) is 5.16 Å². The monoisotopic (exact) mass is 162 g/mol. The smallest absolute Gasteiger partial charge is 0.0657 e. The minimum absolute atomic E-state index is 0.213. The van der Waals surface area contributed by atoms with E-state index in [0.29, 0.717) is 6.10 Å². The van der Waals surface area contributed by atoms with Gasteiger partial charge in [0.05, 0.1) is 6.10 Å². The van der Waals surface area contributed by atoms with Gasteiger partial charge in [-0.2, -0.15) is 0 Å². The van der Waals surface area contributed by atoms with Crippen LogP contribution in [0.2, 0.25) is 0 Å². The maximum Gasteiger partial charge on any atom is 0.0657 e. The molecule has 2 heteroatoms. The van der Waals surface area contributed by atoms with Gasteiger partial charge in [-0.3, -0.25) is 0 Å². The Balaban J connectivity index is 3.81. The SMILES string of the molecule is CCOC(CC)C(C)(C)P. The largest absolute Gasteiger partial charge is 0.378 e. The molecule has 0 heterocycles. The fourth-order valence-electron chi connectivity index (χ4n) is 1.06. The molecule has 10 heavy (non-hydrogen) atoms. The molecule has 0 radical (unpaired) electrons. The molecule has 1 nitrogen and oxygen atoms in total. The second-order valence-electron chi connectivity index (χ2n) is 3.17. The summed E-state index contributed by atoms with van der Waals surface area (Å²) in [4.78, 5) is 0. The molecule has 0 saturated heterocycles. The van der Waals surface area contributed by atoms with Crippen LogP contribution >= 0.6 is 9.24 Å². The molecule has 0 aromatic heterocycles. The lowest BCUT2D eigenvalue weighted by Crippen LogP contribution is -2.31. The third-order valence-corrected chi connectivity index (χ3v) is 1.94. The lowest BCUT2D eigenvalue weighted by molar-refractivity contribution is 0.0394. The first-order valence-electron chi connectivity index (χ1n) is 3.92. The van der Waals surface area contributed by atoms with Crippen molar-refractivity contribution in [3.63, 3.8) is 0 Å². The summed E-state index contributed by atoms with van der Waals surface area (Å²) in [6, 6.07) is 0. The summed E-state index contributed by atoms with van der Waals surface area (Å²) in [7, 11) is 2.82. The minimum Gasteiger partial charge on any atom is -0.378 e. The van der Waals surface area contributed by atoms with Gasteiger partial charge in [0, 0.05) is 11.8 Å². The van der Waals surface area contributed by atoms with E-state index in [1.165, 1.54) is 0 Å². The van der Waals surface area contributed by atoms with Gasteiger partial charge < -0.3 is 4.74 Å². The minimum atomic E-state index is 0.213. The van der Waals surface area contributed by atoms with Crippen molar-refractivity contribution in [3.05, 3.63) is 0 Å². The van der Waals surface area contributed by atoms with Crippen LogP contribution in [0.25, 0.3) is 0 Å². The van der Waals surface area contributed by atoms with Crippen LogP contribution in [0.3, 0.4) is 0 Å². The van der Waals surface area contributed by atoms with Crippen LogP contribution in [0.4, 0.5) is 0 Å². The van der Waals surface area contributed by atoms with Crippen molar-refractivity contribution in [3.8, 4) is 0 Å². The van der Waals surface area contributed by atoms with Gasteiger partial charge in [0.25, 0.3) is 0 Å². The highest BCUT2D eigenvalue weighted by molar-refractivity contribution is 7.18. The summed E-state index contributed by atoms with van der Waals surface area (Å²) >= 11 is 0. The second kappa shape index (κ2) is 4.31. The Hall–Kier alpha value is 0.390. The van der Waals surface area contributed by atoms with Crippen molar-refractivity contribution in [2.24, 2.45) is 0 Å². The Labute approximate surface area is 66.7 Å². The first-order valence-corrected chi connectivity index (χ1v) is 4.50. The van der Waals surface area contributed by atoms with Crippen molar-refractivity contribution in [2.75, 3.05) is 6.61 Å². The van der Waals surface area contributed by atoms with E-state index < -0.39 is 0 Å². The van der Waals surface area contributed by atoms with Gasteiger partial charge in [0.2, 0.25) is 0 Å². The molecule has 0 amide bonds. The van der Waals surface area contributed by atoms with E-state index in [4.69, 9.17) is 4.74 Å². The molecule has 2 unspecified atom stereocenters. The van der Waals surface area contributed by atoms with E-state index >= 15 is 0 Å². The Morgan fingerprint density at radius 1 is 1.40 bits per heavy atom. The summed E-state index contributed by atoms with van der Waals surface area (Å²) in [6.45, 7) is 9.38. The molecule has 0 fully saturated rings. The number of rotatable bonds is 4. The maximum atomic E-state index is 5.53. The van der Waals surface area contributed by atoms with Crippen LogP contribution in [-0.4, -0.2) is 17.9 Å². The van der Waals surface area contributed by atoms with Crippen LogP contribution in [0.1, 0.15) is 34.1 Å². The highest BCUT2D eigenvalue weighted by Crippen LogP contribution is 2.25.